The zero-order valence-electron chi connectivity index (χ0n) is 13.8. The number of para-hydroxylation sites is 1. The van der Waals surface area contributed by atoms with Crippen LogP contribution < -0.4 is 4.74 Å². The van der Waals surface area contributed by atoms with Gasteiger partial charge in [0.1, 0.15) is 5.75 Å². The van der Waals surface area contributed by atoms with Gasteiger partial charge in [0.05, 0.1) is 12.1 Å². The molecule has 0 aliphatic heterocycles. The predicted molar refractivity (Wildman–Crippen MR) is 86.9 cm³/mol. The first-order valence-electron chi connectivity index (χ1n) is 8.24. The molecule has 3 atom stereocenters. The summed E-state index contributed by atoms with van der Waals surface area (Å²) >= 11 is 0. The second-order valence-corrected chi connectivity index (χ2v) is 6.09. The summed E-state index contributed by atoms with van der Waals surface area (Å²) in [5.74, 6) is 0.695. The van der Waals surface area contributed by atoms with Gasteiger partial charge in [-0.05, 0) is 37.8 Å². The molecule has 0 spiro atoms. The maximum atomic E-state index is 12.6. The Kier molecular flexibility index (Phi) is 5.83. The van der Waals surface area contributed by atoms with Crippen LogP contribution in [0.3, 0.4) is 0 Å². The van der Waals surface area contributed by atoms with Crippen molar-refractivity contribution in [2.75, 3.05) is 7.05 Å². The van der Waals surface area contributed by atoms with Crippen molar-refractivity contribution in [1.82, 2.24) is 4.90 Å². The minimum Gasteiger partial charge on any atom is -0.481 e. The largest absolute Gasteiger partial charge is 0.481 e. The SMILES string of the molecule is CCc1ccccc1O[C@H](C)C(=O)N(C)[C@@H]1CCCC[C@@H]1O. The lowest BCUT2D eigenvalue weighted by molar-refractivity contribution is -0.142. The van der Waals surface area contributed by atoms with Gasteiger partial charge >= 0.3 is 0 Å². The highest BCUT2D eigenvalue weighted by molar-refractivity contribution is 5.81. The zero-order chi connectivity index (χ0) is 16.1. The third kappa shape index (κ3) is 3.80. The Hall–Kier alpha value is -1.55. The number of likely N-dealkylation sites (N-methyl/N-ethyl adjacent to an activating group) is 1. The standard InChI is InChI=1S/C18H27NO3/c1-4-14-9-5-8-12-17(14)22-13(2)18(21)19(3)15-10-6-7-11-16(15)20/h5,8-9,12-13,15-16,20H,4,6-7,10-11H2,1-3H3/t13-,15-,16+/m1/s1. The molecule has 0 saturated heterocycles. The number of nitrogens with zero attached hydrogens (tertiary/aromatic N) is 1. The van der Waals surface area contributed by atoms with Crippen LogP contribution in [0.1, 0.15) is 45.1 Å². The minimum atomic E-state index is -0.549. The summed E-state index contributed by atoms with van der Waals surface area (Å²) in [5, 5.41) is 10.1. The number of rotatable bonds is 5. The van der Waals surface area contributed by atoms with Gasteiger partial charge in [-0.25, -0.2) is 0 Å². The number of hydrogen-bond acceptors (Lipinski definition) is 3. The molecule has 0 bridgehead atoms. The average Bonchev–Trinajstić information content (AvgIpc) is 2.54. The van der Waals surface area contributed by atoms with Crippen molar-refractivity contribution in [2.24, 2.45) is 0 Å². The summed E-state index contributed by atoms with van der Waals surface area (Å²) < 4.78 is 5.87. The van der Waals surface area contributed by atoms with Crippen molar-refractivity contribution in [3.63, 3.8) is 0 Å². The molecular weight excluding hydrogens is 278 g/mol. The van der Waals surface area contributed by atoms with Gasteiger partial charge in [0, 0.05) is 7.05 Å². The van der Waals surface area contributed by atoms with Gasteiger partial charge in [-0.1, -0.05) is 38.0 Å². The van der Waals surface area contributed by atoms with E-state index in [4.69, 9.17) is 4.74 Å². The van der Waals surface area contributed by atoms with Crippen molar-refractivity contribution < 1.29 is 14.6 Å². The van der Waals surface area contributed by atoms with E-state index in [1.807, 2.05) is 24.3 Å². The summed E-state index contributed by atoms with van der Waals surface area (Å²) in [6.45, 7) is 3.85. The van der Waals surface area contributed by atoms with Crippen LogP contribution in [0.25, 0.3) is 0 Å². The van der Waals surface area contributed by atoms with Crippen molar-refractivity contribution in [1.29, 1.82) is 0 Å². The van der Waals surface area contributed by atoms with Crippen LogP contribution in [0.4, 0.5) is 0 Å². The van der Waals surface area contributed by atoms with Crippen LogP contribution >= 0.6 is 0 Å². The fourth-order valence-electron chi connectivity index (χ4n) is 3.15. The second kappa shape index (κ2) is 7.63. The third-order valence-corrected chi connectivity index (χ3v) is 4.54. The molecule has 1 aliphatic carbocycles. The number of aliphatic hydroxyl groups is 1. The fraction of sp³-hybridized carbons (Fsp3) is 0.611. The molecule has 1 fully saturated rings. The second-order valence-electron chi connectivity index (χ2n) is 6.09. The summed E-state index contributed by atoms with van der Waals surface area (Å²) in [7, 11) is 1.77. The fourth-order valence-corrected chi connectivity index (χ4v) is 3.15. The number of carbonyl (C=O) groups excluding carboxylic acids is 1. The highest BCUT2D eigenvalue weighted by Crippen LogP contribution is 2.24. The maximum Gasteiger partial charge on any atom is 0.263 e. The molecule has 1 aliphatic rings. The molecule has 122 valence electrons. The molecule has 1 saturated carbocycles. The van der Waals surface area contributed by atoms with Gasteiger partial charge in [0.2, 0.25) is 0 Å². The summed E-state index contributed by atoms with van der Waals surface area (Å²) in [6.07, 6.45) is 3.64. The van der Waals surface area contributed by atoms with Crippen LogP contribution in [0.15, 0.2) is 24.3 Å². The number of ether oxygens (including phenoxy) is 1. The van der Waals surface area contributed by atoms with E-state index in [9.17, 15) is 9.90 Å². The Bertz CT molecular complexity index is 503. The number of aliphatic hydroxyl groups excluding tert-OH is 1. The zero-order valence-corrected chi connectivity index (χ0v) is 13.8. The molecule has 1 aromatic rings. The van der Waals surface area contributed by atoms with Crippen LogP contribution in [-0.4, -0.2) is 41.2 Å². The summed E-state index contributed by atoms with van der Waals surface area (Å²) in [6, 6.07) is 7.72. The topological polar surface area (TPSA) is 49.8 Å². The average molecular weight is 305 g/mol. The van der Waals surface area contributed by atoms with E-state index in [1.54, 1.807) is 18.9 Å². The van der Waals surface area contributed by atoms with Crippen molar-refractivity contribution in [3.8, 4) is 5.75 Å². The van der Waals surface area contributed by atoms with E-state index in [2.05, 4.69) is 6.92 Å². The number of benzene rings is 1. The first-order chi connectivity index (χ1) is 10.5. The van der Waals surface area contributed by atoms with Crippen molar-refractivity contribution >= 4 is 5.91 Å². The Morgan fingerprint density at radius 1 is 1.36 bits per heavy atom. The summed E-state index contributed by atoms with van der Waals surface area (Å²) in [5.41, 5.74) is 1.10. The quantitative estimate of drug-likeness (QED) is 0.910. The minimum absolute atomic E-state index is 0.0724. The van der Waals surface area contributed by atoms with Crippen LogP contribution in [0.2, 0.25) is 0 Å². The molecular formula is C18H27NO3. The van der Waals surface area contributed by atoms with E-state index < -0.39 is 12.2 Å². The molecule has 0 aromatic heterocycles. The molecule has 1 N–H and O–H groups in total. The molecule has 22 heavy (non-hydrogen) atoms. The molecule has 1 aromatic carbocycles. The summed E-state index contributed by atoms with van der Waals surface area (Å²) in [4.78, 5) is 14.3. The molecule has 0 radical (unpaired) electrons. The Morgan fingerprint density at radius 2 is 2.05 bits per heavy atom. The lowest BCUT2D eigenvalue weighted by atomic mass is 9.91. The van der Waals surface area contributed by atoms with Crippen LogP contribution in [0.5, 0.6) is 5.75 Å². The van der Waals surface area contributed by atoms with Gasteiger partial charge in [0.25, 0.3) is 5.91 Å². The molecule has 2 rings (SSSR count). The number of aryl methyl sites for hydroxylation is 1. The number of carbonyl (C=O) groups is 1. The lowest BCUT2D eigenvalue weighted by Gasteiger charge is -2.36. The molecule has 4 nitrogen and oxygen atoms in total. The van der Waals surface area contributed by atoms with Gasteiger partial charge in [-0.2, -0.15) is 0 Å². The van der Waals surface area contributed by atoms with E-state index in [-0.39, 0.29) is 11.9 Å². The molecule has 4 heteroatoms. The van der Waals surface area contributed by atoms with Gasteiger partial charge in [-0.3, -0.25) is 4.79 Å². The maximum absolute atomic E-state index is 12.6. The van der Waals surface area contributed by atoms with Gasteiger partial charge in [0.15, 0.2) is 6.10 Å². The highest BCUT2D eigenvalue weighted by atomic mass is 16.5. The van der Waals surface area contributed by atoms with Crippen molar-refractivity contribution in [3.05, 3.63) is 29.8 Å². The Morgan fingerprint density at radius 3 is 2.73 bits per heavy atom. The first-order valence-corrected chi connectivity index (χ1v) is 8.24. The monoisotopic (exact) mass is 305 g/mol. The molecule has 0 unspecified atom stereocenters. The highest BCUT2D eigenvalue weighted by Gasteiger charge is 2.32. The van der Waals surface area contributed by atoms with E-state index in [0.717, 1.165) is 43.4 Å². The van der Waals surface area contributed by atoms with Crippen LogP contribution in [-0.2, 0) is 11.2 Å². The van der Waals surface area contributed by atoms with E-state index in [1.165, 1.54) is 0 Å². The molecule has 0 heterocycles. The molecule has 1 amide bonds. The van der Waals surface area contributed by atoms with E-state index in [0.29, 0.717) is 0 Å². The number of amides is 1. The van der Waals surface area contributed by atoms with Crippen molar-refractivity contribution in [2.45, 2.75) is 64.2 Å². The third-order valence-electron chi connectivity index (χ3n) is 4.54. The number of hydrogen-bond donors (Lipinski definition) is 1. The van der Waals surface area contributed by atoms with E-state index >= 15 is 0 Å². The van der Waals surface area contributed by atoms with Crippen LogP contribution in [0, 0.1) is 0 Å². The van der Waals surface area contributed by atoms with Gasteiger partial charge in [-0.15, -0.1) is 0 Å². The van der Waals surface area contributed by atoms with Gasteiger partial charge < -0.3 is 14.7 Å². The Labute approximate surface area is 133 Å². The lowest BCUT2D eigenvalue weighted by Crippen LogP contribution is -2.50. The Balaban J connectivity index is 2.02. The first kappa shape index (κ1) is 16.8. The normalized spacial score (nSPS) is 22.9. The predicted octanol–water partition coefficient (Wildman–Crippen LogP) is 2.78. The smallest absolute Gasteiger partial charge is 0.263 e.